The predicted molar refractivity (Wildman–Crippen MR) is 90.1 cm³/mol. The van der Waals surface area contributed by atoms with Crippen molar-refractivity contribution in [2.24, 2.45) is 0 Å². The molecule has 1 aliphatic rings. The van der Waals surface area contributed by atoms with Crippen LogP contribution in [0.3, 0.4) is 0 Å². The predicted octanol–water partition coefficient (Wildman–Crippen LogP) is 3.50. The van der Waals surface area contributed by atoms with Crippen LogP contribution in [0.2, 0.25) is 0 Å². The van der Waals surface area contributed by atoms with Crippen LogP contribution in [0.5, 0.6) is 0 Å². The summed E-state index contributed by atoms with van der Waals surface area (Å²) in [5.41, 5.74) is 1.94. The average molecular weight is 313 g/mol. The number of hydrogen-bond acceptors (Lipinski definition) is 3. The molecule has 0 bridgehead atoms. The van der Waals surface area contributed by atoms with Crippen molar-refractivity contribution < 1.29 is 13.7 Å². The molecule has 0 spiro atoms. The molecule has 120 valence electrons. The van der Waals surface area contributed by atoms with Gasteiger partial charge in [0.25, 0.3) is 0 Å². The third-order valence-electron chi connectivity index (χ3n) is 4.71. The molecule has 1 saturated heterocycles. The fourth-order valence-corrected chi connectivity index (χ4v) is 2.49. The normalized spacial score (nSPS) is 19.1. The highest BCUT2D eigenvalue weighted by Gasteiger charge is 2.51. The minimum absolute atomic E-state index is 0.325. The lowest BCUT2D eigenvalue weighted by Crippen LogP contribution is -2.41. The Bertz CT molecular complexity index is 712. The Morgan fingerprint density at radius 2 is 1.65 bits per heavy atom. The van der Waals surface area contributed by atoms with Crippen molar-refractivity contribution in [1.82, 2.24) is 4.98 Å². The monoisotopic (exact) mass is 313 g/mol. The minimum Gasteiger partial charge on any atom is -0.399 e. The van der Waals surface area contributed by atoms with Crippen molar-refractivity contribution in [3.8, 4) is 11.3 Å². The molecule has 0 saturated carbocycles. The molecule has 23 heavy (non-hydrogen) atoms. The first-order chi connectivity index (χ1) is 10.7. The van der Waals surface area contributed by atoms with E-state index < -0.39 is 18.3 Å². The van der Waals surface area contributed by atoms with E-state index in [0.29, 0.717) is 16.7 Å². The quantitative estimate of drug-likeness (QED) is 0.795. The van der Waals surface area contributed by atoms with Gasteiger partial charge in [-0.25, -0.2) is 4.39 Å². The fourth-order valence-electron chi connectivity index (χ4n) is 2.49. The molecular weight excluding hydrogens is 292 g/mol. The van der Waals surface area contributed by atoms with E-state index in [1.165, 1.54) is 6.07 Å². The Morgan fingerprint density at radius 1 is 1.00 bits per heavy atom. The molecule has 0 amide bonds. The van der Waals surface area contributed by atoms with Crippen LogP contribution in [0.15, 0.2) is 36.5 Å². The molecule has 0 atom stereocenters. The van der Waals surface area contributed by atoms with E-state index in [1.54, 1.807) is 12.3 Å². The Hall–Kier alpha value is -1.72. The van der Waals surface area contributed by atoms with Crippen LogP contribution >= 0.6 is 0 Å². The van der Waals surface area contributed by atoms with Gasteiger partial charge >= 0.3 is 7.12 Å². The van der Waals surface area contributed by atoms with E-state index in [1.807, 2.05) is 52.8 Å². The van der Waals surface area contributed by atoms with Gasteiger partial charge < -0.3 is 9.31 Å². The maximum atomic E-state index is 14.5. The second kappa shape index (κ2) is 5.43. The van der Waals surface area contributed by atoms with E-state index in [0.717, 1.165) is 5.56 Å². The second-order valence-corrected chi connectivity index (χ2v) is 7.05. The first kappa shape index (κ1) is 16.2. The highest BCUT2D eigenvalue weighted by atomic mass is 19.1. The second-order valence-electron chi connectivity index (χ2n) is 7.05. The van der Waals surface area contributed by atoms with Crippen LogP contribution in [0.1, 0.15) is 33.3 Å². The van der Waals surface area contributed by atoms with E-state index in [4.69, 9.17) is 9.31 Å². The molecule has 1 aromatic carbocycles. The van der Waals surface area contributed by atoms with Gasteiger partial charge in [-0.15, -0.1) is 0 Å². The summed E-state index contributed by atoms with van der Waals surface area (Å²) >= 11 is 0. The molecule has 0 radical (unpaired) electrons. The van der Waals surface area contributed by atoms with Gasteiger partial charge in [-0.3, -0.25) is 4.98 Å². The summed E-state index contributed by atoms with van der Waals surface area (Å²) in [6, 6.07) is 8.78. The minimum atomic E-state index is -0.561. The highest BCUT2D eigenvalue weighted by molar-refractivity contribution is 6.62. The third kappa shape index (κ3) is 2.91. The standard InChI is InChI=1S/C18H21BFNO2/c1-12-6-9-16(21-11-12)14-8-7-13(10-15(14)20)19-22-17(2,3)18(4,5)23-19/h6-11H,1-5H3. The number of nitrogens with zero attached hydrogens (tertiary/aromatic N) is 1. The zero-order valence-corrected chi connectivity index (χ0v) is 14.2. The average Bonchev–Trinajstić information content (AvgIpc) is 2.68. The Morgan fingerprint density at radius 3 is 2.17 bits per heavy atom. The Balaban J connectivity index is 1.90. The molecule has 0 unspecified atom stereocenters. The summed E-state index contributed by atoms with van der Waals surface area (Å²) in [6.07, 6.45) is 1.73. The highest BCUT2D eigenvalue weighted by Crippen LogP contribution is 2.36. The van der Waals surface area contributed by atoms with Crippen LogP contribution in [0, 0.1) is 12.7 Å². The van der Waals surface area contributed by atoms with Crippen molar-refractivity contribution in [3.05, 3.63) is 47.9 Å². The summed E-state index contributed by atoms with van der Waals surface area (Å²) in [7, 11) is -0.561. The van der Waals surface area contributed by atoms with Crippen molar-refractivity contribution >= 4 is 12.6 Å². The molecule has 0 N–H and O–H groups in total. The molecular formula is C18H21BFNO2. The topological polar surface area (TPSA) is 31.4 Å². The van der Waals surface area contributed by atoms with Crippen molar-refractivity contribution in [2.45, 2.75) is 45.8 Å². The lowest BCUT2D eigenvalue weighted by Gasteiger charge is -2.32. The maximum absolute atomic E-state index is 14.5. The number of rotatable bonds is 2. The lowest BCUT2D eigenvalue weighted by molar-refractivity contribution is 0.00578. The zero-order valence-electron chi connectivity index (χ0n) is 14.2. The van der Waals surface area contributed by atoms with Crippen molar-refractivity contribution in [2.75, 3.05) is 0 Å². The van der Waals surface area contributed by atoms with Crippen LogP contribution < -0.4 is 5.46 Å². The van der Waals surface area contributed by atoms with Gasteiger partial charge in [0.1, 0.15) is 5.82 Å². The van der Waals surface area contributed by atoms with Gasteiger partial charge in [0.2, 0.25) is 0 Å². The number of aryl methyl sites for hydroxylation is 1. The lowest BCUT2D eigenvalue weighted by atomic mass is 9.78. The summed E-state index contributed by atoms with van der Waals surface area (Å²) in [5.74, 6) is -0.325. The van der Waals surface area contributed by atoms with Gasteiger partial charge in [-0.05, 0) is 57.8 Å². The van der Waals surface area contributed by atoms with Crippen LogP contribution in [0.4, 0.5) is 4.39 Å². The molecule has 3 nitrogen and oxygen atoms in total. The molecule has 2 aromatic rings. The summed E-state index contributed by atoms with van der Waals surface area (Å²) in [6.45, 7) is 9.87. The molecule has 0 aliphatic carbocycles. The fraction of sp³-hybridized carbons (Fsp3) is 0.389. The zero-order chi connectivity index (χ0) is 16.8. The third-order valence-corrected chi connectivity index (χ3v) is 4.71. The number of hydrogen-bond donors (Lipinski definition) is 0. The van der Waals surface area contributed by atoms with Gasteiger partial charge in [-0.2, -0.15) is 0 Å². The molecule has 2 heterocycles. The van der Waals surface area contributed by atoms with Crippen LogP contribution in [-0.4, -0.2) is 23.3 Å². The van der Waals surface area contributed by atoms with Crippen LogP contribution in [-0.2, 0) is 9.31 Å². The Labute approximate surface area is 137 Å². The van der Waals surface area contributed by atoms with Crippen molar-refractivity contribution in [1.29, 1.82) is 0 Å². The molecule has 1 aromatic heterocycles. The Kier molecular flexibility index (Phi) is 3.81. The smallest absolute Gasteiger partial charge is 0.399 e. The molecule has 1 aliphatic heterocycles. The van der Waals surface area contributed by atoms with Gasteiger partial charge in [-0.1, -0.05) is 18.2 Å². The first-order valence-corrected chi connectivity index (χ1v) is 7.78. The largest absolute Gasteiger partial charge is 0.494 e. The van der Waals surface area contributed by atoms with Gasteiger partial charge in [0.05, 0.1) is 16.9 Å². The maximum Gasteiger partial charge on any atom is 0.494 e. The number of halogens is 1. The van der Waals surface area contributed by atoms with Crippen LogP contribution in [0.25, 0.3) is 11.3 Å². The number of pyridine rings is 1. The number of benzene rings is 1. The van der Waals surface area contributed by atoms with Gasteiger partial charge in [0.15, 0.2) is 0 Å². The van der Waals surface area contributed by atoms with E-state index in [-0.39, 0.29) is 5.82 Å². The molecule has 3 rings (SSSR count). The first-order valence-electron chi connectivity index (χ1n) is 7.78. The van der Waals surface area contributed by atoms with Crippen molar-refractivity contribution in [3.63, 3.8) is 0 Å². The number of aromatic nitrogens is 1. The summed E-state index contributed by atoms with van der Waals surface area (Å²) in [4.78, 5) is 4.28. The van der Waals surface area contributed by atoms with E-state index in [9.17, 15) is 4.39 Å². The summed E-state index contributed by atoms with van der Waals surface area (Å²) < 4.78 is 26.4. The molecule has 5 heteroatoms. The van der Waals surface area contributed by atoms with E-state index >= 15 is 0 Å². The van der Waals surface area contributed by atoms with E-state index in [2.05, 4.69) is 4.98 Å². The molecule has 1 fully saturated rings. The summed E-state index contributed by atoms with van der Waals surface area (Å²) in [5, 5.41) is 0. The van der Waals surface area contributed by atoms with Gasteiger partial charge in [0, 0.05) is 11.8 Å². The SMILES string of the molecule is Cc1ccc(-c2ccc(B3OC(C)(C)C(C)(C)O3)cc2F)nc1.